The van der Waals surface area contributed by atoms with Crippen LogP contribution in [-0.4, -0.2) is 49.4 Å². The Balaban J connectivity index is 1.94. The van der Waals surface area contributed by atoms with Crippen molar-refractivity contribution in [1.82, 2.24) is 20.0 Å². The molecule has 0 bridgehead atoms. The monoisotopic (exact) mass is 407 g/mol. The van der Waals surface area contributed by atoms with E-state index in [1.54, 1.807) is 45.8 Å². The van der Waals surface area contributed by atoms with E-state index in [4.69, 9.17) is 28.4 Å². The summed E-state index contributed by atoms with van der Waals surface area (Å²) in [6.45, 7) is 0.388. The molecule has 2 aromatic heterocycles. The molecule has 3 aromatic rings. The Bertz CT molecular complexity index is 1010. The first-order valence-electron chi connectivity index (χ1n) is 8.17. The fraction of sp³-hybridized carbons (Fsp3) is 0.235. The zero-order valence-corrected chi connectivity index (χ0v) is 15.4. The first-order chi connectivity index (χ1) is 13.0. The topological polar surface area (TPSA) is 104 Å². The summed E-state index contributed by atoms with van der Waals surface area (Å²) in [4.78, 5) is 22.4. The lowest BCUT2D eigenvalue weighted by Gasteiger charge is -2.26. The molecule has 27 heavy (non-hydrogen) atoms. The van der Waals surface area contributed by atoms with Crippen LogP contribution >= 0.6 is 23.2 Å². The second kappa shape index (κ2) is 6.97. The maximum Gasteiger partial charge on any atom is 0.268 e. The quantitative estimate of drug-likeness (QED) is 0.454. The van der Waals surface area contributed by atoms with Crippen molar-refractivity contribution in [3.8, 4) is 5.69 Å². The number of hydrogen-bond donors (Lipinski definition) is 3. The number of anilines is 1. The molecule has 10 heteroatoms. The number of aromatic nitrogens is 3. The van der Waals surface area contributed by atoms with E-state index in [1.165, 1.54) is 0 Å². The van der Waals surface area contributed by atoms with Crippen molar-refractivity contribution in [2.24, 2.45) is 0 Å². The van der Waals surface area contributed by atoms with Crippen LogP contribution < -0.4 is 10.4 Å². The van der Waals surface area contributed by atoms with E-state index in [1.807, 2.05) is 6.07 Å². The number of fused-ring (bicyclic) bond motifs is 1. The second-order valence-corrected chi connectivity index (χ2v) is 6.98. The van der Waals surface area contributed by atoms with Crippen molar-refractivity contribution < 1.29 is 15.1 Å². The standard InChI is InChI=1S/C17H15Cl2N5O3/c18-10-2-1-9-11(23-6-4-20-8-23)7-13(21-15(9)14(10)19)24-5-3-12(25)16(24)17(26)22-27/h1-2,4,6-8,12,16,25,27H,3,5H2,(H,22,26)/t12-,16-/m0/s1. The third-order valence-corrected chi connectivity index (χ3v) is 5.45. The maximum atomic E-state index is 12.1. The van der Waals surface area contributed by atoms with Gasteiger partial charge in [0.1, 0.15) is 11.9 Å². The smallest absolute Gasteiger partial charge is 0.268 e. The molecule has 1 aromatic carbocycles. The molecule has 3 N–H and O–H groups in total. The number of aliphatic hydroxyl groups is 1. The normalized spacial score (nSPS) is 19.6. The van der Waals surface area contributed by atoms with E-state index in [0.29, 0.717) is 34.3 Å². The van der Waals surface area contributed by atoms with E-state index in [-0.39, 0.29) is 0 Å². The van der Waals surface area contributed by atoms with Crippen LogP contribution in [0.4, 0.5) is 5.82 Å². The van der Waals surface area contributed by atoms with Gasteiger partial charge < -0.3 is 14.6 Å². The van der Waals surface area contributed by atoms with Gasteiger partial charge in [-0.1, -0.05) is 23.2 Å². The second-order valence-electron chi connectivity index (χ2n) is 6.20. The number of hydrogen-bond acceptors (Lipinski definition) is 6. The van der Waals surface area contributed by atoms with Gasteiger partial charge in [-0.15, -0.1) is 0 Å². The summed E-state index contributed by atoms with van der Waals surface area (Å²) < 4.78 is 1.80. The minimum Gasteiger partial charge on any atom is -0.390 e. The molecule has 0 radical (unpaired) electrons. The van der Waals surface area contributed by atoms with E-state index >= 15 is 0 Å². The van der Waals surface area contributed by atoms with Gasteiger partial charge in [0.2, 0.25) is 0 Å². The van der Waals surface area contributed by atoms with E-state index < -0.39 is 18.1 Å². The predicted octanol–water partition coefficient (Wildman–Crippen LogP) is 2.17. The Hall–Kier alpha value is -2.39. The van der Waals surface area contributed by atoms with E-state index in [0.717, 1.165) is 11.1 Å². The number of amides is 1. The minimum absolute atomic E-state index is 0.292. The largest absolute Gasteiger partial charge is 0.390 e. The number of pyridine rings is 1. The average molecular weight is 408 g/mol. The van der Waals surface area contributed by atoms with Gasteiger partial charge in [-0.2, -0.15) is 0 Å². The van der Waals surface area contributed by atoms with Crippen LogP contribution in [0.25, 0.3) is 16.6 Å². The number of carbonyl (C=O) groups is 1. The Morgan fingerprint density at radius 2 is 2.15 bits per heavy atom. The molecular formula is C17H15Cl2N5O3. The first-order valence-corrected chi connectivity index (χ1v) is 8.92. The Kier molecular flexibility index (Phi) is 4.65. The lowest BCUT2D eigenvalue weighted by Crippen LogP contribution is -2.47. The summed E-state index contributed by atoms with van der Waals surface area (Å²) in [7, 11) is 0. The van der Waals surface area contributed by atoms with Crippen molar-refractivity contribution in [1.29, 1.82) is 0 Å². The summed E-state index contributed by atoms with van der Waals surface area (Å²) in [5.74, 6) is -0.274. The summed E-state index contributed by atoms with van der Waals surface area (Å²) in [5.41, 5.74) is 2.82. The maximum absolute atomic E-state index is 12.1. The van der Waals surface area contributed by atoms with Crippen molar-refractivity contribution in [2.75, 3.05) is 11.4 Å². The number of nitrogens with one attached hydrogen (secondary N) is 1. The molecule has 140 valence electrons. The number of aliphatic hydroxyl groups excluding tert-OH is 1. The molecule has 0 unspecified atom stereocenters. The minimum atomic E-state index is -0.964. The van der Waals surface area contributed by atoms with Crippen LogP contribution in [0.2, 0.25) is 10.0 Å². The number of hydroxylamine groups is 1. The zero-order valence-electron chi connectivity index (χ0n) is 13.9. The molecule has 2 atom stereocenters. The zero-order chi connectivity index (χ0) is 19.1. The summed E-state index contributed by atoms with van der Waals surface area (Å²) >= 11 is 12.5. The molecule has 0 saturated carbocycles. The molecule has 0 spiro atoms. The number of benzene rings is 1. The lowest BCUT2D eigenvalue weighted by atomic mass is 10.1. The van der Waals surface area contributed by atoms with Crippen LogP contribution in [0.5, 0.6) is 0 Å². The number of halogens is 2. The molecule has 8 nitrogen and oxygen atoms in total. The van der Waals surface area contributed by atoms with Gasteiger partial charge in [0, 0.05) is 30.4 Å². The van der Waals surface area contributed by atoms with Gasteiger partial charge in [0.05, 0.1) is 33.7 Å². The molecule has 1 aliphatic heterocycles. The molecule has 1 amide bonds. The highest BCUT2D eigenvalue weighted by molar-refractivity contribution is 6.45. The molecule has 1 fully saturated rings. The molecule has 1 saturated heterocycles. The van der Waals surface area contributed by atoms with Crippen LogP contribution in [0.15, 0.2) is 36.9 Å². The number of imidazole rings is 1. The van der Waals surface area contributed by atoms with Gasteiger partial charge in [-0.3, -0.25) is 10.0 Å². The number of rotatable bonds is 3. The third kappa shape index (κ3) is 3.00. The molecule has 0 aliphatic carbocycles. The lowest BCUT2D eigenvalue weighted by molar-refractivity contribution is -0.132. The highest BCUT2D eigenvalue weighted by Gasteiger charge is 2.39. The number of nitrogens with zero attached hydrogens (tertiary/aromatic N) is 4. The Morgan fingerprint density at radius 1 is 1.33 bits per heavy atom. The summed E-state index contributed by atoms with van der Waals surface area (Å²) in [6.07, 6.45) is 4.49. The SMILES string of the molecule is O=C(NO)[C@@H]1[C@@H](O)CCN1c1cc(-n2ccnc2)c2ccc(Cl)c(Cl)c2n1. The fourth-order valence-corrected chi connectivity index (χ4v) is 3.74. The van der Waals surface area contributed by atoms with Crippen molar-refractivity contribution in [3.63, 3.8) is 0 Å². The van der Waals surface area contributed by atoms with Crippen LogP contribution in [0, 0.1) is 0 Å². The van der Waals surface area contributed by atoms with E-state index in [9.17, 15) is 9.90 Å². The third-order valence-electron chi connectivity index (χ3n) is 4.66. The van der Waals surface area contributed by atoms with Crippen molar-refractivity contribution in [3.05, 3.63) is 47.0 Å². The van der Waals surface area contributed by atoms with Crippen LogP contribution in [0.3, 0.4) is 0 Å². The molecule has 3 heterocycles. The van der Waals surface area contributed by atoms with Crippen LogP contribution in [0.1, 0.15) is 6.42 Å². The van der Waals surface area contributed by atoms with Gasteiger partial charge in [-0.05, 0) is 18.6 Å². The van der Waals surface area contributed by atoms with Gasteiger partial charge in [-0.25, -0.2) is 15.4 Å². The molecule has 1 aliphatic rings. The Labute approximate surface area is 163 Å². The first kappa shape index (κ1) is 18.0. The van der Waals surface area contributed by atoms with Gasteiger partial charge >= 0.3 is 0 Å². The summed E-state index contributed by atoms with van der Waals surface area (Å²) in [6, 6.07) is 4.32. The fourth-order valence-electron chi connectivity index (χ4n) is 3.38. The highest BCUT2D eigenvalue weighted by Crippen LogP contribution is 2.36. The average Bonchev–Trinajstić information content (AvgIpc) is 3.33. The van der Waals surface area contributed by atoms with Gasteiger partial charge in [0.15, 0.2) is 0 Å². The van der Waals surface area contributed by atoms with Crippen molar-refractivity contribution >= 4 is 45.8 Å². The molecule has 4 rings (SSSR count). The Morgan fingerprint density at radius 3 is 2.85 bits per heavy atom. The summed E-state index contributed by atoms with van der Waals surface area (Å²) in [5, 5.41) is 20.6. The molecular weight excluding hydrogens is 393 g/mol. The highest BCUT2D eigenvalue weighted by atomic mass is 35.5. The number of carbonyl (C=O) groups excluding carboxylic acids is 1. The van der Waals surface area contributed by atoms with Crippen LogP contribution in [-0.2, 0) is 4.79 Å². The predicted molar refractivity (Wildman–Crippen MR) is 101 cm³/mol. The van der Waals surface area contributed by atoms with E-state index in [2.05, 4.69) is 9.97 Å². The van der Waals surface area contributed by atoms with Crippen molar-refractivity contribution in [2.45, 2.75) is 18.6 Å². The van der Waals surface area contributed by atoms with Gasteiger partial charge in [0.25, 0.3) is 5.91 Å².